The zero-order valence-electron chi connectivity index (χ0n) is 11.9. The molecule has 110 valence electrons. The number of aromatic nitrogens is 2. The Balaban J connectivity index is 2.44. The van der Waals surface area contributed by atoms with Crippen molar-refractivity contribution >= 4 is 11.8 Å². The number of esters is 1. The maximum atomic E-state index is 12.2. The van der Waals surface area contributed by atoms with Crippen LogP contribution in [-0.4, -0.2) is 28.1 Å². The van der Waals surface area contributed by atoms with E-state index in [1.54, 1.807) is 6.92 Å². The Labute approximate surface area is 121 Å². The van der Waals surface area contributed by atoms with Gasteiger partial charge in [-0.2, -0.15) is 0 Å². The van der Waals surface area contributed by atoms with Crippen LogP contribution < -0.4 is 5.56 Å². The second-order valence-electron chi connectivity index (χ2n) is 4.52. The highest BCUT2D eigenvalue weighted by Gasteiger charge is 2.24. The Morgan fingerprint density at radius 1 is 1.24 bits per heavy atom. The molecular formula is C15H16N2O4. The number of carbonyl (C=O) groups excluding carboxylic acids is 2. The van der Waals surface area contributed by atoms with E-state index in [1.165, 1.54) is 11.6 Å². The van der Waals surface area contributed by atoms with Crippen LogP contribution >= 0.6 is 0 Å². The molecule has 0 aliphatic rings. The quantitative estimate of drug-likeness (QED) is 0.669. The number of H-pyrrole nitrogens is 1. The van der Waals surface area contributed by atoms with Crippen molar-refractivity contribution in [1.82, 2.24) is 9.78 Å². The Kier molecular flexibility index (Phi) is 4.37. The van der Waals surface area contributed by atoms with Crippen LogP contribution in [0.4, 0.5) is 0 Å². The molecule has 0 aliphatic heterocycles. The van der Waals surface area contributed by atoms with Crippen molar-refractivity contribution in [3.05, 3.63) is 57.5 Å². The van der Waals surface area contributed by atoms with Crippen LogP contribution in [0.3, 0.4) is 0 Å². The summed E-state index contributed by atoms with van der Waals surface area (Å²) in [4.78, 5) is 35.7. The third-order valence-electron chi connectivity index (χ3n) is 2.97. The standard InChI is InChI=1S/C15H16N2O4/c1-3-21-15(20)13-12(10(2)18)14(19)17(16-13)9-11-7-5-4-6-8-11/h4-8,16H,3,9H2,1-2H3. The highest BCUT2D eigenvalue weighted by atomic mass is 16.5. The number of nitrogens with zero attached hydrogens (tertiary/aromatic N) is 1. The molecule has 0 amide bonds. The Morgan fingerprint density at radius 2 is 1.90 bits per heavy atom. The number of ether oxygens (including phenoxy) is 1. The van der Waals surface area contributed by atoms with E-state index in [0.717, 1.165) is 5.56 Å². The van der Waals surface area contributed by atoms with Gasteiger partial charge in [0.05, 0.1) is 13.2 Å². The summed E-state index contributed by atoms with van der Waals surface area (Å²) in [6.45, 7) is 3.33. The largest absolute Gasteiger partial charge is 0.461 e. The number of hydrogen-bond donors (Lipinski definition) is 1. The van der Waals surface area contributed by atoms with Gasteiger partial charge < -0.3 is 4.74 Å². The number of rotatable bonds is 5. The predicted octanol–water partition coefficient (Wildman–Crippen LogP) is 1.60. The number of aromatic amines is 1. The number of ketones is 1. The summed E-state index contributed by atoms with van der Waals surface area (Å²) in [6, 6.07) is 9.27. The monoisotopic (exact) mass is 288 g/mol. The number of benzene rings is 1. The van der Waals surface area contributed by atoms with Gasteiger partial charge in [0.15, 0.2) is 11.5 Å². The topological polar surface area (TPSA) is 81.2 Å². The molecule has 0 bridgehead atoms. The zero-order chi connectivity index (χ0) is 15.4. The number of Topliss-reactive ketones (excluding diaryl/α,β-unsaturated/α-hetero) is 1. The normalized spacial score (nSPS) is 10.4. The predicted molar refractivity (Wildman–Crippen MR) is 76.6 cm³/mol. The lowest BCUT2D eigenvalue weighted by molar-refractivity contribution is 0.0515. The van der Waals surface area contributed by atoms with Gasteiger partial charge in [0.1, 0.15) is 5.56 Å². The molecule has 0 radical (unpaired) electrons. The molecular weight excluding hydrogens is 272 g/mol. The molecule has 2 rings (SSSR count). The molecule has 21 heavy (non-hydrogen) atoms. The van der Waals surface area contributed by atoms with Gasteiger partial charge >= 0.3 is 5.97 Å². The summed E-state index contributed by atoms with van der Waals surface area (Å²) in [5.41, 5.74) is 0.107. The van der Waals surface area contributed by atoms with Gasteiger partial charge in [-0.05, 0) is 19.4 Å². The minimum Gasteiger partial charge on any atom is -0.461 e. The smallest absolute Gasteiger partial charge is 0.357 e. The van der Waals surface area contributed by atoms with Crippen LogP contribution in [0, 0.1) is 0 Å². The van der Waals surface area contributed by atoms with E-state index in [-0.39, 0.29) is 24.4 Å². The lowest BCUT2D eigenvalue weighted by atomic mass is 10.2. The summed E-state index contributed by atoms with van der Waals surface area (Å²) < 4.78 is 6.10. The van der Waals surface area contributed by atoms with E-state index in [9.17, 15) is 14.4 Å². The number of nitrogens with one attached hydrogen (secondary N) is 1. The lowest BCUT2D eigenvalue weighted by Crippen LogP contribution is -2.21. The van der Waals surface area contributed by atoms with Crippen LogP contribution in [0.1, 0.15) is 40.3 Å². The van der Waals surface area contributed by atoms with Crippen molar-refractivity contribution in [3.8, 4) is 0 Å². The first kappa shape index (κ1) is 14.8. The fourth-order valence-corrected chi connectivity index (χ4v) is 2.04. The van der Waals surface area contributed by atoms with Gasteiger partial charge in [0, 0.05) is 0 Å². The van der Waals surface area contributed by atoms with Crippen molar-refractivity contribution < 1.29 is 14.3 Å². The van der Waals surface area contributed by atoms with Crippen LogP contribution in [0.15, 0.2) is 35.1 Å². The van der Waals surface area contributed by atoms with Crippen molar-refractivity contribution in [2.75, 3.05) is 6.61 Å². The summed E-state index contributed by atoms with van der Waals surface area (Å²) >= 11 is 0. The first-order valence-corrected chi connectivity index (χ1v) is 6.59. The van der Waals surface area contributed by atoms with Gasteiger partial charge in [0.25, 0.3) is 5.56 Å². The van der Waals surface area contributed by atoms with Gasteiger partial charge in [-0.3, -0.25) is 14.7 Å². The third kappa shape index (κ3) is 3.10. The second kappa shape index (κ2) is 6.21. The van der Waals surface area contributed by atoms with Gasteiger partial charge in [-0.15, -0.1) is 0 Å². The Bertz CT molecular complexity index is 713. The number of hydrogen-bond acceptors (Lipinski definition) is 4. The van der Waals surface area contributed by atoms with Crippen molar-refractivity contribution in [2.24, 2.45) is 0 Å². The van der Waals surface area contributed by atoms with E-state index in [0.29, 0.717) is 0 Å². The molecule has 0 aliphatic carbocycles. The SMILES string of the molecule is CCOC(=O)c1[nH]n(Cc2ccccc2)c(=O)c1C(C)=O. The summed E-state index contributed by atoms with van der Waals surface area (Å²) in [5, 5.41) is 2.67. The fraction of sp³-hybridized carbons (Fsp3) is 0.267. The van der Waals surface area contributed by atoms with Crippen LogP contribution in [0.5, 0.6) is 0 Å². The molecule has 0 atom stereocenters. The molecule has 0 unspecified atom stereocenters. The lowest BCUT2D eigenvalue weighted by Gasteiger charge is -2.02. The van der Waals surface area contributed by atoms with E-state index in [4.69, 9.17) is 4.74 Å². The average molecular weight is 288 g/mol. The molecule has 1 heterocycles. The summed E-state index contributed by atoms with van der Waals surface area (Å²) in [5.74, 6) is -1.17. The molecule has 1 N–H and O–H groups in total. The summed E-state index contributed by atoms with van der Waals surface area (Å²) in [7, 11) is 0. The molecule has 0 saturated heterocycles. The maximum Gasteiger partial charge on any atom is 0.357 e. The second-order valence-corrected chi connectivity index (χ2v) is 4.52. The first-order chi connectivity index (χ1) is 10.0. The van der Waals surface area contributed by atoms with Crippen LogP contribution in [0.25, 0.3) is 0 Å². The summed E-state index contributed by atoms with van der Waals surface area (Å²) in [6.07, 6.45) is 0. The van der Waals surface area contributed by atoms with Gasteiger partial charge in [-0.1, -0.05) is 30.3 Å². The minimum absolute atomic E-state index is 0.0923. The van der Waals surface area contributed by atoms with E-state index in [2.05, 4.69) is 5.10 Å². The van der Waals surface area contributed by atoms with Crippen molar-refractivity contribution in [3.63, 3.8) is 0 Å². The maximum absolute atomic E-state index is 12.2. The van der Waals surface area contributed by atoms with Crippen molar-refractivity contribution in [1.29, 1.82) is 0 Å². The van der Waals surface area contributed by atoms with E-state index < -0.39 is 17.3 Å². The molecule has 1 aromatic carbocycles. The molecule has 2 aromatic rings. The molecule has 6 nitrogen and oxygen atoms in total. The first-order valence-electron chi connectivity index (χ1n) is 6.59. The third-order valence-corrected chi connectivity index (χ3v) is 2.97. The number of carbonyl (C=O) groups is 2. The Morgan fingerprint density at radius 3 is 2.48 bits per heavy atom. The average Bonchev–Trinajstić information content (AvgIpc) is 2.78. The van der Waals surface area contributed by atoms with Gasteiger partial charge in [0.2, 0.25) is 0 Å². The van der Waals surface area contributed by atoms with Crippen LogP contribution in [-0.2, 0) is 11.3 Å². The molecule has 0 spiro atoms. The van der Waals surface area contributed by atoms with Crippen molar-refractivity contribution in [2.45, 2.75) is 20.4 Å². The minimum atomic E-state index is -0.702. The highest BCUT2D eigenvalue weighted by Crippen LogP contribution is 2.07. The van der Waals surface area contributed by atoms with E-state index >= 15 is 0 Å². The fourth-order valence-electron chi connectivity index (χ4n) is 2.04. The van der Waals surface area contributed by atoms with E-state index in [1.807, 2.05) is 30.3 Å². The highest BCUT2D eigenvalue weighted by molar-refractivity contribution is 6.03. The van der Waals surface area contributed by atoms with Crippen LogP contribution in [0.2, 0.25) is 0 Å². The molecule has 0 saturated carbocycles. The van der Waals surface area contributed by atoms with Gasteiger partial charge in [-0.25, -0.2) is 9.48 Å². The molecule has 1 aromatic heterocycles. The molecule has 6 heteroatoms. The molecule has 0 fully saturated rings. The zero-order valence-corrected chi connectivity index (χ0v) is 11.9. The Hall–Kier alpha value is -2.63.